The van der Waals surface area contributed by atoms with E-state index in [2.05, 4.69) is 41.4 Å². The molecule has 3 aromatic rings. The van der Waals surface area contributed by atoms with E-state index in [0.29, 0.717) is 6.54 Å². The number of halogens is 1. The predicted molar refractivity (Wildman–Crippen MR) is 134 cm³/mol. The third-order valence-electron chi connectivity index (χ3n) is 6.87. The van der Waals surface area contributed by atoms with Gasteiger partial charge in [-0.25, -0.2) is 0 Å². The van der Waals surface area contributed by atoms with Crippen LogP contribution in [0, 0.1) is 12.8 Å². The van der Waals surface area contributed by atoms with E-state index < -0.39 is 0 Å². The van der Waals surface area contributed by atoms with Crippen molar-refractivity contribution < 1.29 is 4.79 Å². The Morgan fingerprint density at radius 1 is 1.03 bits per heavy atom. The van der Waals surface area contributed by atoms with Gasteiger partial charge in [0.25, 0.3) is 0 Å². The summed E-state index contributed by atoms with van der Waals surface area (Å²) < 4.78 is 1.77. The van der Waals surface area contributed by atoms with Gasteiger partial charge in [-0.15, -0.1) is 15.3 Å². The van der Waals surface area contributed by atoms with Crippen LogP contribution in [0.4, 0.5) is 11.5 Å². The second-order valence-electron chi connectivity index (χ2n) is 9.07. The lowest BCUT2D eigenvalue weighted by Gasteiger charge is -2.36. The Morgan fingerprint density at radius 2 is 1.82 bits per heavy atom. The van der Waals surface area contributed by atoms with Gasteiger partial charge in [-0.05, 0) is 50.1 Å². The number of aryl methyl sites for hydroxylation is 1. The minimum absolute atomic E-state index is 0.0660. The van der Waals surface area contributed by atoms with Crippen LogP contribution in [0.2, 0.25) is 5.02 Å². The lowest BCUT2D eigenvalue weighted by molar-refractivity contribution is -0.125. The van der Waals surface area contributed by atoms with Crippen LogP contribution in [0.3, 0.4) is 0 Å². The molecule has 2 fully saturated rings. The third-order valence-corrected chi connectivity index (χ3v) is 7.10. The van der Waals surface area contributed by atoms with E-state index in [4.69, 9.17) is 11.6 Å². The molecule has 1 amide bonds. The first-order chi connectivity index (χ1) is 16.6. The molecule has 2 aliphatic heterocycles. The number of benzene rings is 1. The van der Waals surface area contributed by atoms with E-state index in [0.717, 1.165) is 81.0 Å². The number of piperazine rings is 1. The number of rotatable bonds is 6. The number of nitrogens with one attached hydrogen (secondary N) is 1. The van der Waals surface area contributed by atoms with Crippen molar-refractivity contribution in [3.05, 3.63) is 47.2 Å². The van der Waals surface area contributed by atoms with Crippen LogP contribution >= 0.6 is 11.6 Å². The fourth-order valence-corrected chi connectivity index (χ4v) is 4.99. The maximum atomic E-state index is 12.7. The van der Waals surface area contributed by atoms with E-state index in [1.807, 2.05) is 37.3 Å². The summed E-state index contributed by atoms with van der Waals surface area (Å²) in [7, 11) is 0. The molecule has 0 saturated carbocycles. The van der Waals surface area contributed by atoms with Crippen molar-refractivity contribution in [1.29, 1.82) is 0 Å². The summed E-state index contributed by atoms with van der Waals surface area (Å²) >= 11 is 6.13. The smallest absolute Gasteiger partial charge is 0.223 e. The summed E-state index contributed by atoms with van der Waals surface area (Å²) in [4.78, 5) is 19.8. The first-order valence-corrected chi connectivity index (χ1v) is 12.4. The molecule has 0 spiro atoms. The molecule has 0 unspecified atom stereocenters. The molecule has 1 aromatic carbocycles. The van der Waals surface area contributed by atoms with Crippen molar-refractivity contribution >= 4 is 34.7 Å². The Kier molecular flexibility index (Phi) is 6.82. The SMILES string of the molecule is Cc1nnc2ccc(N3CCC(C(=O)NCCN4CCN(c5cccc(Cl)c5)CC4)CC3)nn12. The molecule has 0 radical (unpaired) electrons. The molecule has 4 heterocycles. The number of hydrogen-bond donors (Lipinski definition) is 1. The van der Waals surface area contributed by atoms with Crippen LogP contribution in [0.1, 0.15) is 18.7 Å². The molecule has 1 N–H and O–H groups in total. The number of amides is 1. The highest BCUT2D eigenvalue weighted by Crippen LogP contribution is 2.23. The molecular formula is C24H31ClN8O. The number of carbonyl (C=O) groups excluding carboxylic acids is 1. The molecular weight excluding hydrogens is 452 g/mol. The van der Waals surface area contributed by atoms with E-state index in [-0.39, 0.29) is 11.8 Å². The average Bonchev–Trinajstić information content (AvgIpc) is 3.24. The first kappa shape index (κ1) is 22.9. The molecule has 0 bridgehead atoms. The summed E-state index contributed by atoms with van der Waals surface area (Å²) in [6, 6.07) is 12.0. The first-order valence-electron chi connectivity index (χ1n) is 12.0. The van der Waals surface area contributed by atoms with E-state index in [1.54, 1.807) is 4.52 Å². The maximum Gasteiger partial charge on any atom is 0.223 e. The second-order valence-corrected chi connectivity index (χ2v) is 9.51. The van der Waals surface area contributed by atoms with Gasteiger partial charge in [0, 0.05) is 69.0 Å². The van der Waals surface area contributed by atoms with Gasteiger partial charge in [0.2, 0.25) is 5.91 Å². The Bertz CT molecular complexity index is 1130. The molecule has 10 heteroatoms. The number of anilines is 2. The highest BCUT2D eigenvalue weighted by molar-refractivity contribution is 6.30. The Hall–Kier alpha value is -2.91. The molecule has 2 aromatic heterocycles. The van der Waals surface area contributed by atoms with Crippen LogP contribution in [0.5, 0.6) is 0 Å². The molecule has 5 rings (SSSR count). The van der Waals surface area contributed by atoms with Gasteiger partial charge < -0.3 is 15.1 Å². The van der Waals surface area contributed by atoms with Gasteiger partial charge in [0.1, 0.15) is 5.82 Å². The van der Waals surface area contributed by atoms with Crippen molar-refractivity contribution in [3.63, 3.8) is 0 Å². The summed E-state index contributed by atoms with van der Waals surface area (Å²) in [6.07, 6.45) is 1.68. The Labute approximate surface area is 204 Å². The summed E-state index contributed by atoms with van der Waals surface area (Å²) in [6.45, 7) is 9.05. The van der Waals surface area contributed by atoms with Crippen LogP contribution in [0.15, 0.2) is 36.4 Å². The van der Waals surface area contributed by atoms with Crippen LogP contribution < -0.4 is 15.1 Å². The molecule has 2 saturated heterocycles. The number of hydrogen-bond acceptors (Lipinski definition) is 7. The van der Waals surface area contributed by atoms with Gasteiger partial charge in [0.05, 0.1) is 0 Å². The van der Waals surface area contributed by atoms with Crippen LogP contribution in [-0.4, -0.2) is 83.0 Å². The van der Waals surface area contributed by atoms with Crippen molar-refractivity contribution in [1.82, 2.24) is 30.0 Å². The van der Waals surface area contributed by atoms with Crippen molar-refractivity contribution in [3.8, 4) is 0 Å². The zero-order valence-corrected chi connectivity index (χ0v) is 20.3. The fourth-order valence-electron chi connectivity index (χ4n) is 4.81. The number of carbonyl (C=O) groups is 1. The lowest BCUT2D eigenvalue weighted by atomic mass is 9.96. The third kappa shape index (κ3) is 5.10. The monoisotopic (exact) mass is 482 g/mol. The fraction of sp³-hybridized carbons (Fsp3) is 0.500. The highest BCUT2D eigenvalue weighted by atomic mass is 35.5. The van der Waals surface area contributed by atoms with E-state index in [1.165, 1.54) is 5.69 Å². The highest BCUT2D eigenvalue weighted by Gasteiger charge is 2.26. The number of fused-ring (bicyclic) bond motifs is 1. The summed E-state index contributed by atoms with van der Waals surface area (Å²) in [5, 5.41) is 16.8. The number of aromatic nitrogens is 4. The zero-order valence-electron chi connectivity index (χ0n) is 19.5. The number of nitrogens with zero attached hydrogens (tertiary/aromatic N) is 7. The zero-order chi connectivity index (χ0) is 23.5. The van der Waals surface area contributed by atoms with Crippen molar-refractivity contribution in [2.75, 3.05) is 62.2 Å². The Morgan fingerprint density at radius 3 is 2.59 bits per heavy atom. The standard InChI is InChI=1S/C24H31ClN8O/c1-18-27-28-22-5-6-23(29-33(18)22)32-10-7-19(8-11-32)24(34)26-9-12-30-13-15-31(16-14-30)21-4-2-3-20(25)17-21/h2-6,17,19H,7-16H2,1H3,(H,26,34). The molecule has 9 nitrogen and oxygen atoms in total. The van der Waals surface area contributed by atoms with Gasteiger partial charge in [-0.3, -0.25) is 9.69 Å². The lowest BCUT2D eigenvalue weighted by Crippen LogP contribution is -2.49. The minimum Gasteiger partial charge on any atom is -0.369 e. The van der Waals surface area contributed by atoms with Gasteiger partial charge in [-0.2, -0.15) is 4.52 Å². The van der Waals surface area contributed by atoms with Crippen LogP contribution in [0.25, 0.3) is 5.65 Å². The normalized spacial score (nSPS) is 17.9. The van der Waals surface area contributed by atoms with Crippen molar-refractivity contribution in [2.24, 2.45) is 5.92 Å². The molecule has 0 aliphatic carbocycles. The Balaban J connectivity index is 1.03. The second kappa shape index (κ2) is 10.1. The van der Waals surface area contributed by atoms with E-state index >= 15 is 0 Å². The largest absolute Gasteiger partial charge is 0.369 e. The van der Waals surface area contributed by atoms with Crippen LogP contribution in [-0.2, 0) is 4.79 Å². The average molecular weight is 483 g/mol. The summed E-state index contributed by atoms with van der Waals surface area (Å²) in [5.74, 6) is 1.93. The maximum absolute atomic E-state index is 12.7. The van der Waals surface area contributed by atoms with Gasteiger partial charge in [0.15, 0.2) is 11.5 Å². The molecule has 2 aliphatic rings. The summed E-state index contributed by atoms with van der Waals surface area (Å²) in [5.41, 5.74) is 1.93. The molecule has 34 heavy (non-hydrogen) atoms. The quantitative estimate of drug-likeness (QED) is 0.577. The van der Waals surface area contributed by atoms with E-state index in [9.17, 15) is 4.79 Å². The topological polar surface area (TPSA) is 81.9 Å². The predicted octanol–water partition coefficient (Wildman–Crippen LogP) is 2.24. The minimum atomic E-state index is 0.0660. The van der Waals surface area contributed by atoms with Gasteiger partial charge >= 0.3 is 0 Å². The van der Waals surface area contributed by atoms with Gasteiger partial charge in [-0.1, -0.05) is 17.7 Å². The number of piperidine rings is 1. The molecule has 0 atom stereocenters. The molecule has 180 valence electrons. The van der Waals surface area contributed by atoms with Crippen molar-refractivity contribution in [2.45, 2.75) is 19.8 Å².